The predicted molar refractivity (Wildman–Crippen MR) is 119 cm³/mol. The number of carbonyl (C=O) groups excluding carboxylic acids is 1. The molecular formula is C24H27N3O3. The molecule has 30 heavy (non-hydrogen) atoms. The van der Waals surface area contributed by atoms with Gasteiger partial charge in [-0.2, -0.15) is 5.26 Å². The van der Waals surface area contributed by atoms with Crippen molar-refractivity contribution in [3.8, 4) is 17.6 Å². The third-order valence-electron chi connectivity index (χ3n) is 5.29. The van der Waals surface area contributed by atoms with Crippen molar-refractivity contribution >= 4 is 23.4 Å². The highest BCUT2D eigenvalue weighted by Crippen LogP contribution is 2.38. The molecule has 0 unspecified atom stereocenters. The molecule has 0 bridgehead atoms. The fourth-order valence-electron chi connectivity index (χ4n) is 3.67. The lowest BCUT2D eigenvalue weighted by atomic mass is 10.1. The van der Waals surface area contributed by atoms with Crippen molar-refractivity contribution in [2.24, 2.45) is 0 Å². The number of nitriles is 1. The van der Waals surface area contributed by atoms with Gasteiger partial charge in [0.25, 0.3) is 5.91 Å². The highest BCUT2D eigenvalue weighted by Gasteiger charge is 2.20. The third kappa shape index (κ3) is 4.57. The number of hydrogen-bond acceptors (Lipinski definition) is 5. The van der Waals surface area contributed by atoms with Crippen LogP contribution in [0.4, 0.5) is 11.4 Å². The van der Waals surface area contributed by atoms with Crippen LogP contribution in [0.25, 0.3) is 6.08 Å². The molecule has 2 aromatic carbocycles. The average Bonchev–Trinajstić information content (AvgIpc) is 3.31. The number of carbonyl (C=O) groups is 1. The topological polar surface area (TPSA) is 74.6 Å². The van der Waals surface area contributed by atoms with Gasteiger partial charge in [0.15, 0.2) is 0 Å². The van der Waals surface area contributed by atoms with E-state index in [2.05, 4.69) is 10.2 Å². The summed E-state index contributed by atoms with van der Waals surface area (Å²) in [7, 11) is 3.20. The maximum absolute atomic E-state index is 12.8. The van der Waals surface area contributed by atoms with Crippen molar-refractivity contribution in [3.05, 3.63) is 53.1 Å². The number of hydrogen-bond donors (Lipinski definition) is 1. The van der Waals surface area contributed by atoms with Gasteiger partial charge in [0, 0.05) is 30.4 Å². The number of anilines is 2. The lowest BCUT2D eigenvalue weighted by Gasteiger charge is -2.22. The molecule has 1 aliphatic heterocycles. The second kappa shape index (κ2) is 9.84. The summed E-state index contributed by atoms with van der Waals surface area (Å²) in [5.74, 6) is 0.827. The van der Waals surface area contributed by atoms with Gasteiger partial charge >= 0.3 is 0 Å². The molecule has 156 valence electrons. The quantitative estimate of drug-likeness (QED) is 0.545. The number of nitrogens with one attached hydrogen (secondary N) is 1. The van der Waals surface area contributed by atoms with Gasteiger partial charge in [-0.15, -0.1) is 0 Å². The van der Waals surface area contributed by atoms with Crippen molar-refractivity contribution in [2.45, 2.75) is 26.2 Å². The Hall–Kier alpha value is -3.46. The van der Waals surface area contributed by atoms with Gasteiger partial charge in [-0.05, 0) is 43.0 Å². The second-order valence-corrected chi connectivity index (χ2v) is 7.09. The van der Waals surface area contributed by atoms with Gasteiger partial charge in [-0.3, -0.25) is 4.79 Å². The first-order chi connectivity index (χ1) is 14.6. The van der Waals surface area contributed by atoms with Gasteiger partial charge in [0.1, 0.15) is 23.1 Å². The van der Waals surface area contributed by atoms with Gasteiger partial charge in [-0.1, -0.05) is 25.1 Å². The molecule has 1 saturated heterocycles. The molecule has 1 heterocycles. The largest absolute Gasteiger partial charge is 0.496 e. The molecule has 2 aromatic rings. The van der Waals surface area contributed by atoms with E-state index in [9.17, 15) is 10.1 Å². The Morgan fingerprint density at radius 2 is 1.87 bits per heavy atom. The molecule has 1 fully saturated rings. The Morgan fingerprint density at radius 1 is 1.17 bits per heavy atom. The minimum absolute atomic E-state index is 0.00446. The fraction of sp³-hybridized carbons (Fsp3) is 0.333. The van der Waals surface area contributed by atoms with Gasteiger partial charge < -0.3 is 19.7 Å². The van der Waals surface area contributed by atoms with E-state index in [1.165, 1.54) is 0 Å². The number of aryl methyl sites for hydroxylation is 1. The van der Waals surface area contributed by atoms with Crippen LogP contribution in [0, 0.1) is 11.3 Å². The second-order valence-electron chi connectivity index (χ2n) is 7.09. The van der Waals surface area contributed by atoms with E-state index < -0.39 is 5.91 Å². The standard InChI is InChI=1S/C24H27N3O3/c1-4-17-9-5-6-10-20(17)26-24(28)19(16-25)13-18-14-23(30-3)21(15-22(18)29-2)27-11-7-8-12-27/h5-6,9-10,13-15H,4,7-8,11-12H2,1-3H3,(H,26,28)/b19-13-. The van der Waals surface area contributed by atoms with Crippen LogP contribution in [0.2, 0.25) is 0 Å². The monoisotopic (exact) mass is 405 g/mol. The zero-order chi connectivity index (χ0) is 21.5. The Bertz CT molecular complexity index is 986. The third-order valence-corrected chi connectivity index (χ3v) is 5.29. The summed E-state index contributed by atoms with van der Waals surface area (Å²) in [4.78, 5) is 15.0. The Kier molecular flexibility index (Phi) is 6.97. The number of benzene rings is 2. The molecular weight excluding hydrogens is 378 g/mol. The van der Waals surface area contributed by atoms with E-state index >= 15 is 0 Å². The van der Waals surface area contributed by atoms with Crippen molar-refractivity contribution in [1.29, 1.82) is 5.26 Å². The predicted octanol–water partition coefficient (Wildman–Crippen LogP) is 4.41. The fourth-order valence-corrected chi connectivity index (χ4v) is 3.67. The van der Waals surface area contributed by atoms with Crippen LogP contribution < -0.4 is 19.7 Å². The van der Waals surface area contributed by atoms with E-state index in [1.807, 2.05) is 49.4 Å². The number of amides is 1. The molecule has 6 heteroatoms. The normalized spacial score (nSPS) is 13.7. The van der Waals surface area contributed by atoms with Crippen LogP contribution in [0.1, 0.15) is 30.9 Å². The van der Waals surface area contributed by atoms with E-state index in [0.717, 1.165) is 43.6 Å². The minimum atomic E-state index is -0.456. The summed E-state index contributed by atoms with van der Waals surface area (Å²) in [6.45, 7) is 3.96. The molecule has 1 amide bonds. The molecule has 1 N–H and O–H groups in total. The molecule has 0 aromatic heterocycles. The van der Waals surface area contributed by atoms with Crippen LogP contribution in [-0.4, -0.2) is 33.2 Å². The Labute approximate surface area is 177 Å². The van der Waals surface area contributed by atoms with Crippen LogP contribution in [0.15, 0.2) is 42.0 Å². The highest BCUT2D eigenvalue weighted by molar-refractivity contribution is 6.10. The van der Waals surface area contributed by atoms with Crippen LogP contribution in [-0.2, 0) is 11.2 Å². The van der Waals surface area contributed by atoms with Crippen LogP contribution in [0.3, 0.4) is 0 Å². The number of methoxy groups -OCH3 is 2. The lowest BCUT2D eigenvalue weighted by Crippen LogP contribution is -2.18. The number of para-hydroxylation sites is 1. The zero-order valence-corrected chi connectivity index (χ0v) is 17.7. The van der Waals surface area contributed by atoms with E-state index in [4.69, 9.17) is 9.47 Å². The molecule has 6 nitrogen and oxygen atoms in total. The summed E-state index contributed by atoms with van der Waals surface area (Å²) in [6.07, 6.45) is 4.61. The lowest BCUT2D eigenvalue weighted by molar-refractivity contribution is -0.112. The van der Waals surface area contributed by atoms with E-state index in [0.29, 0.717) is 22.7 Å². The van der Waals surface area contributed by atoms with Crippen molar-refractivity contribution in [3.63, 3.8) is 0 Å². The molecule has 0 saturated carbocycles. The first-order valence-corrected chi connectivity index (χ1v) is 10.1. The van der Waals surface area contributed by atoms with Gasteiger partial charge in [0.2, 0.25) is 0 Å². The smallest absolute Gasteiger partial charge is 0.266 e. The van der Waals surface area contributed by atoms with Crippen LogP contribution >= 0.6 is 0 Å². The Balaban J connectivity index is 1.94. The summed E-state index contributed by atoms with van der Waals surface area (Å²) in [5.41, 5.74) is 3.30. The summed E-state index contributed by atoms with van der Waals surface area (Å²) < 4.78 is 11.1. The maximum atomic E-state index is 12.8. The van der Waals surface area contributed by atoms with Gasteiger partial charge in [0.05, 0.1) is 19.9 Å². The summed E-state index contributed by atoms with van der Waals surface area (Å²) in [5, 5.41) is 12.5. The Morgan fingerprint density at radius 3 is 2.50 bits per heavy atom. The van der Waals surface area contributed by atoms with E-state index in [-0.39, 0.29) is 5.57 Å². The first kappa shape index (κ1) is 21.3. The number of nitrogens with zero attached hydrogens (tertiary/aromatic N) is 2. The van der Waals surface area contributed by atoms with Gasteiger partial charge in [-0.25, -0.2) is 0 Å². The molecule has 1 aliphatic rings. The first-order valence-electron chi connectivity index (χ1n) is 10.1. The van der Waals surface area contributed by atoms with Crippen molar-refractivity contribution in [2.75, 3.05) is 37.5 Å². The summed E-state index contributed by atoms with van der Waals surface area (Å²) >= 11 is 0. The highest BCUT2D eigenvalue weighted by atomic mass is 16.5. The van der Waals surface area contributed by atoms with Crippen molar-refractivity contribution in [1.82, 2.24) is 0 Å². The molecule has 0 radical (unpaired) electrons. The van der Waals surface area contributed by atoms with Crippen molar-refractivity contribution < 1.29 is 14.3 Å². The van der Waals surface area contributed by atoms with Crippen LogP contribution in [0.5, 0.6) is 11.5 Å². The number of rotatable bonds is 7. The molecule has 0 aliphatic carbocycles. The zero-order valence-electron chi connectivity index (χ0n) is 17.7. The summed E-state index contributed by atoms with van der Waals surface area (Å²) in [6, 6.07) is 13.3. The average molecular weight is 405 g/mol. The molecule has 0 atom stereocenters. The minimum Gasteiger partial charge on any atom is -0.496 e. The number of ether oxygens (including phenoxy) is 2. The van der Waals surface area contributed by atoms with E-state index in [1.54, 1.807) is 20.3 Å². The molecule has 0 spiro atoms. The molecule has 3 rings (SSSR count). The maximum Gasteiger partial charge on any atom is 0.266 e. The SMILES string of the molecule is CCc1ccccc1NC(=O)/C(C#N)=C\c1cc(OC)c(N2CCCC2)cc1OC.